The number of halogens is 2. The molecule has 0 bridgehead atoms. The van der Waals surface area contributed by atoms with Crippen LogP contribution >= 0.6 is 23.2 Å². The van der Waals surface area contributed by atoms with Crippen molar-refractivity contribution in [1.29, 1.82) is 0 Å². The smallest absolute Gasteiger partial charge is 0.0453 e. The Morgan fingerprint density at radius 2 is 1.84 bits per heavy atom. The highest BCUT2D eigenvalue weighted by Crippen LogP contribution is 2.61. The van der Waals surface area contributed by atoms with Crippen molar-refractivity contribution < 1.29 is 0 Å². The standard InChI is InChI=1S/C16H21Cl2N/c1-2-19-10-16(7-11-6-12(11)8-16)9-13-14(17)4-3-5-15(13)18/h3-5,11-12,19H,2,6-10H2,1H3. The Morgan fingerprint density at radius 1 is 1.21 bits per heavy atom. The van der Waals surface area contributed by atoms with Gasteiger partial charge >= 0.3 is 0 Å². The van der Waals surface area contributed by atoms with E-state index in [2.05, 4.69) is 12.2 Å². The van der Waals surface area contributed by atoms with E-state index in [0.717, 1.165) is 47.0 Å². The highest BCUT2D eigenvalue weighted by atomic mass is 35.5. The normalized spacial score (nSPS) is 32.4. The molecule has 2 atom stereocenters. The fraction of sp³-hybridized carbons (Fsp3) is 0.625. The average molecular weight is 298 g/mol. The molecule has 2 aliphatic carbocycles. The van der Waals surface area contributed by atoms with Gasteiger partial charge in [0.2, 0.25) is 0 Å². The molecule has 1 aromatic rings. The van der Waals surface area contributed by atoms with Gasteiger partial charge in [0.15, 0.2) is 0 Å². The third kappa shape index (κ3) is 2.79. The van der Waals surface area contributed by atoms with Crippen LogP contribution in [0.15, 0.2) is 18.2 Å². The Hall–Kier alpha value is -0.240. The van der Waals surface area contributed by atoms with Gasteiger partial charge in [0.1, 0.15) is 0 Å². The van der Waals surface area contributed by atoms with Gasteiger partial charge in [-0.15, -0.1) is 0 Å². The molecule has 2 fully saturated rings. The van der Waals surface area contributed by atoms with E-state index in [9.17, 15) is 0 Å². The van der Waals surface area contributed by atoms with Gasteiger partial charge in [-0.25, -0.2) is 0 Å². The average Bonchev–Trinajstić information content (AvgIpc) is 3.00. The van der Waals surface area contributed by atoms with Crippen LogP contribution in [0.1, 0.15) is 31.7 Å². The first-order chi connectivity index (χ1) is 9.13. The van der Waals surface area contributed by atoms with Gasteiger partial charge in [0, 0.05) is 16.6 Å². The molecule has 0 spiro atoms. The fourth-order valence-corrected chi connectivity index (χ4v) is 4.35. The Balaban J connectivity index is 1.81. The minimum Gasteiger partial charge on any atom is -0.316 e. The van der Waals surface area contributed by atoms with E-state index in [1.807, 2.05) is 18.2 Å². The van der Waals surface area contributed by atoms with Gasteiger partial charge in [-0.3, -0.25) is 0 Å². The van der Waals surface area contributed by atoms with Crippen LogP contribution in [0.3, 0.4) is 0 Å². The zero-order chi connectivity index (χ0) is 13.5. The summed E-state index contributed by atoms with van der Waals surface area (Å²) in [5.41, 5.74) is 1.52. The summed E-state index contributed by atoms with van der Waals surface area (Å²) in [7, 11) is 0. The van der Waals surface area contributed by atoms with Crippen molar-refractivity contribution in [3.8, 4) is 0 Å². The summed E-state index contributed by atoms with van der Waals surface area (Å²) >= 11 is 12.7. The lowest BCUT2D eigenvalue weighted by Gasteiger charge is -2.32. The predicted octanol–water partition coefficient (Wildman–Crippen LogP) is 4.56. The largest absolute Gasteiger partial charge is 0.316 e. The maximum Gasteiger partial charge on any atom is 0.0453 e. The Morgan fingerprint density at radius 3 is 2.42 bits per heavy atom. The van der Waals surface area contributed by atoms with Crippen LogP contribution in [0.4, 0.5) is 0 Å². The predicted molar refractivity (Wildman–Crippen MR) is 82.0 cm³/mol. The van der Waals surface area contributed by atoms with Gasteiger partial charge in [-0.05, 0) is 67.2 Å². The monoisotopic (exact) mass is 297 g/mol. The molecule has 1 nitrogen and oxygen atoms in total. The van der Waals surface area contributed by atoms with Crippen LogP contribution in [0, 0.1) is 17.3 Å². The second kappa shape index (κ2) is 5.27. The van der Waals surface area contributed by atoms with Crippen molar-refractivity contribution in [2.24, 2.45) is 17.3 Å². The quantitative estimate of drug-likeness (QED) is 0.840. The molecule has 0 aliphatic heterocycles. The molecule has 19 heavy (non-hydrogen) atoms. The van der Waals surface area contributed by atoms with E-state index in [1.54, 1.807) is 0 Å². The number of hydrogen-bond acceptors (Lipinski definition) is 1. The van der Waals surface area contributed by atoms with Gasteiger partial charge in [0.05, 0.1) is 0 Å². The van der Waals surface area contributed by atoms with E-state index >= 15 is 0 Å². The first-order valence-corrected chi connectivity index (χ1v) is 8.03. The third-order valence-corrected chi connectivity index (χ3v) is 5.53. The molecule has 0 aromatic heterocycles. The minimum absolute atomic E-state index is 0.373. The number of rotatable bonds is 5. The SMILES string of the molecule is CCNCC1(Cc2c(Cl)cccc2Cl)CC2CC2C1. The molecule has 2 saturated carbocycles. The molecule has 0 heterocycles. The Labute approximate surface area is 125 Å². The Bertz CT molecular complexity index is 442. The zero-order valence-corrected chi connectivity index (χ0v) is 12.9. The molecule has 0 saturated heterocycles. The number of nitrogens with one attached hydrogen (secondary N) is 1. The van der Waals surface area contributed by atoms with Crippen LogP contribution < -0.4 is 5.32 Å². The summed E-state index contributed by atoms with van der Waals surface area (Å²) in [6.07, 6.45) is 5.15. The lowest BCUT2D eigenvalue weighted by Crippen LogP contribution is -2.35. The molecule has 1 N–H and O–H groups in total. The second-order valence-corrected chi connectivity index (χ2v) is 7.14. The van der Waals surface area contributed by atoms with Crippen molar-refractivity contribution in [2.45, 2.75) is 32.6 Å². The van der Waals surface area contributed by atoms with Crippen LogP contribution in [0.25, 0.3) is 0 Å². The van der Waals surface area contributed by atoms with Gasteiger partial charge < -0.3 is 5.32 Å². The summed E-state index contributed by atoms with van der Waals surface area (Å²) in [6, 6.07) is 5.84. The molecule has 1 aromatic carbocycles. The maximum absolute atomic E-state index is 6.35. The van der Waals surface area contributed by atoms with Crippen molar-refractivity contribution in [2.75, 3.05) is 13.1 Å². The third-order valence-electron chi connectivity index (χ3n) is 4.82. The summed E-state index contributed by atoms with van der Waals surface area (Å²) in [6.45, 7) is 4.30. The molecule has 3 rings (SSSR count). The van der Waals surface area contributed by atoms with E-state index in [4.69, 9.17) is 23.2 Å². The van der Waals surface area contributed by atoms with Crippen LogP contribution in [-0.4, -0.2) is 13.1 Å². The lowest BCUT2D eigenvalue weighted by molar-refractivity contribution is 0.250. The Kier molecular flexibility index (Phi) is 3.81. The van der Waals surface area contributed by atoms with Crippen LogP contribution in [0.2, 0.25) is 10.0 Å². The lowest BCUT2D eigenvalue weighted by atomic mass is 9.77. The minimum atomic E-state index is 0.373. The summed E-state index contributed by atoms with van der Waals surface area (Å²) in [5.74, 6) is 1.94. The summed E-state index contributed by atoms with van der Waals surface area (Å²) in [4.78, 5) is 0. The topological polar surface area (TPSA) is 12.0 Å². The van der Waals surface area contributed by atoms with Gasteiger partial charge in [-0.1, -0.05) is 36.2 Å². The fourth-order valence-electron chi connectivity index (χ4n) is 3.82. The van der Waals surface area contributed by atoms with E-state index in [0.29, 0.717) is 5.41 Å². The highest BCUT2D eigenvalue weighted by Gasteiger charge is 2.53. The van der Waals surface area contributed by atoms with E-state index < -0.39 is 0 Å². The van der Waals surface area contributed by atoms with Crippen molar-refractivity contribution >= 4 is 23.2 Å². The highest BCUT2D eigenvalue weighted by molar-refractivity contribution is 6.36. The van der Waals surface area contributed by atoms with E-state index in [1.165, 1.54) is 19.3 Å². The molecule has 2 aliphatic rings. The van der Waals surface area contributed by atoms with Gasteiger partial charge in [-0.2, -0.15) is 0 Å². The molecule has 0 radical (unpaired) electrons. The van der Waals surface area contributed by atoms with Gasteiger partial charge in [0.25, 0.3) is 0 Å². The van der Waals surface area contributed by atoms with Crippen molar-refractivity contribution in [1.82, 2.24) is 5.32 Å². The van der Waals surface area contributed by atoms with E-state index in [-0.39, 0.29) is 0 Å². The second-order valence-electron chi connectivity index (χ2n) is 6.32. The first kappa shape index (κ1) is 13.7. The molecular formula is C16H21Cl2N. The first-order valence-electron chi connectivity index (χ1n) is 7.27. The number of benzene rings is 1. The molecule has 3 heteroatoms. The molecule has 0 amide bonds. The van der Waals surface area contributed by atoms with Crippen molar-refractivity contribution in [3.05, 3.63) is 33.8 Å². The molecule has 104 valence electrons. The summed E-state index contributed by atoms with van der Waals surface area (Å²) < 4.78 is 0. The number of hydrogen-bond donors (Lipinski definition) is 1. The van der Waals surface area contributed by atoms with Crippen LogP contribution in [0.5, 0.6) is 0 Å². The molecular weight excluding hydrogens is 277 g/mol. The molecule has 2 unspecified atom stereocenters. The maximum atomic E-state index is 6.35. The van der Waals surface area contributed by atoms with Crippen molar-refractivity contribution in [3.63, 3.8) is 0 Å². The number of fused-ring (bicyclic) bond motifs is 1. The van der Waals surface area contributed by atoms with Crippen LogP contribution in [-0.2, 0) is 6.42 Å². The summed E-state index contributed by atoms with van der Waals surface area (Å²) in [5, 5.41) is 5.19. The zero-order valence-electron chi connectivity index (χ0n) is 11.4.